The van der Waals surface area contributed by atoms with Crippen molar-refractivity contribution in [1.82, 2.24) is 4.98 Å². The van der Waals surface area contributed by atoms with Crippen molar-refractivity contribution in [2.75, 3.05) is 0 Å². The summed E-state index contributed by atoms with van der Waals surface area (Å²) < 4.78 is 0. The smallest absolute Gasteiger partial charge is 0.456 e. The van der Waals surface area contributed by atoms with Crippen LogP contribution in [0.1, 0.15) is 11.4 Å². The molecule has 0 saturated heterocycles. The predicted octanol–water partition coefficient (Wildman–Crippen LogP) is -1.56. The molecule has 1 aromatic heterocycles. The molecular weight excluding hydrogens is 109 g/mol. The molecule has 38 valence electrons. The van der Waals surface area contributed by atoms with Crippen molar-refractivity contribution >= 4 is 0 Å². The van der Waals surface area contributed by atoms with Crippen LogP contribution in [-0.2, 0) is 0 Å². The molecule has 1 rings (SSSR count). The van der Waals surface area contributed by atoms with E-state index in [4.69, 9.17) is 0 Å². The Balaban J connectivity index is 0.000000490. The van der Waals surface area contributed by atoms with Crippen molar-refractivity contribution in [3.8, 4) is 0 Å². The van der Waals surface area contributed by atoms with Crippen LogP contribution in [0.5, 0.6) is 0 Å². The Bertz CT molecular complexity index is 141. The number of rotatable bonds is 0. The van der Waals surface area contributed by atoms with Gasteiger partial charge in [-0.05, 0) is 6.92 Å². The molecule has 0 spiro atoms. The van der Waals surface area contributed by atoms with E-state index in [1.807, 2.05) is 19.9 Å². The Morgan fingerprint density at radius 2 is 2.12 bits per heavy atom. The fourth-order valence-electron chi connectivity index (χ4n) is 0.584. The van der Waals surface area contributed by atoms with E-state index in [9.17, 15) is 0 Å². The van der Waals surface area contributed by atoms with E-state index in [0.29, 0.717) is 0 Å². The van der Waals surface area contributed by atoms with Gasteiger partial charge in [-0.2, -0.15) is 0 Å². The molecule has 0 aliphatic heterocycles. The summed E-state index contributed by atoms with van der Waals surface area (Å²) in [6.07, 6.45) is 0. The van der Waals surface area contributed by atoms with E-state index in [1.165, 1.54) is 5.69 Å². The third kappa shape index (κ3) is 2.03. The molecule has 0 aromatic carbocycles. The van der Waals surface area contributed by atoms with Crippen LogP contribution in [-0.4, -0.2) is 4.98 Å². The molecule has 1 N–H and O–H groups in total. The van der Waals surface area contributed by atoms with Crippen LogP contribution in [0, 0.1) is 19.9 Å². The summed E-state index contributed by atoms with van der Waals surface area (Å²) in [7, 11) is 0. The average molecular weight is 117 g/mol. The molecule has 0 fully saturated rings. The number of nitrogens with one attached hydrogen (secondary N) is 1. The molecule has 0 amide bonds. The summed E-state index contributed by atoms with van der Waals surface area (Å²) in [5.41, 5.74) is 2.29. The molecule has 0 aliphatic rings. The first-order valence-corrected chi connectivity index (χ1v) is 2.33. The first kappa shape index (κ1) is 8.28. The zero-order valence-electron chi connectivity index (χ0n) is 5.58. The van der Waals surface area contributed by atoms with Gasteiger partial charge in [0.05, 0.1) is 0 Å². The minimum Gasteiger partial charge on any atom is -0.456 e. The first-order chi connectivity index (χ1) is 3.29. The van der Waals surface area contributed by atoms with Gasteiger partial charge in [0.25, 0.3) is 0 Å². The van der Waals surface area contributed by atoms with Crippen LogP contribution in [0.3, 0.4) is 0 Å². The molecule has 1 aromatic rings. The molecule has 8 heavy (non-hydrogen) atoms. The largest absolute Gasteiger partial charge is 1.00 e. The topological polar surface area (TPSA) is 15.8 Å². The van der Waals surface area contributed by atoms with Crippen LogP contribution >= 0.6 is 0 Å². The number of aromatic amines is 1. The molecule has 0 unspecified atom stereocenters. The van der Waals surface area contributed by atoms with Crippen LogP contribution in [0.15, 0.2) is 6.07 Å². The maximum absolute atomic E-state index is 3.08. The summed E-state index contributed by atoms with van der Waals surface area (Å²) in [4.78, 5) is 3.08. The van der Waals surface area contributed by atoms with Gasteiger partial charge < -0.3 is 4.98 Å². The number of aromatic nitrogens is 1. The van der Waals surface area contributed by atoms with E-state index in [2.05, 4.69) is 11.1 Å². The fourth-order valence-corrected chi connectivity index (χ4v) is 0.584. The number of hydrogen-bond donors (Lipinski definition) is 1. The third-order valence-electron chi connectivity index (χ3n) is 0.890. The van der Waals surface area contributed by atoms with Crippen molar-refractivity contribution in [3.05, 3.63) is 23.5 Å². The predicted molar refractivity (Wildman–Crippen MR) is 29.1 cm³/mol. The standard InChI is InChI=1S/C6H8N.Na/c1-5-3-4-6(2)7-5;/h3,7H,1-2H3;/q-1;+1. The van der Waals surface area contributed by atoms with Crippen molar-refractivity contribution in [1.29, 1.82) is 0 Å². The molecule has 0 saturated carbocycles. The van der Waals surface area contributed by atoms with Gasteiger partial charge >= 0.3 is 29.6 Å². The Morgan fingerprint density at radius 1 is 1.50 bits per heavy atom. The van der Waals surface area contributed by atoms with Gasteiger partial charge in [0.2, 0.25) is 0 Å². The number of hydrogen-bond acceptors (Lipinski definition) is 0. The van der Waals surface area contributed by atoms with E-state index < -0.39 is 0 Å². The van der Waals surface area contributed by atoms with E-state index in [1.54, 1.807) is 0 Å². The second kappa shape index (κ2) is 3.33. The zero-order valence-corrected chi connectivity index (χ0v) is 7.58. The van der Waals surface area contributed by atoms with Crippen LogP contribution in [0.4, 0.5) is 0 Å². The Morgan fingerprint density at radius 3 is 2.25 bits per heavy atom. The van der Waals surface area contributed by atoms with Gasteiger partial charge in [0, 0.05) is 0 Å². The average Bonchev–Trinajstić information content (AvgIpc) is 1.87. The monoisotopic (exact) mass is 117 g/mol. The second-order valence-electron chi connectivity index (χ2n) is 1.72. The minimum atomic E-state index is 0. The van der Waals surface area contributed by atoms with Gasteiger partial charge in [0.15, 0.2) is 0 Å². The molecule has 0 aliphatic carbocycles. The van der Waals surface area contributed by atoms with E-state index in [-0.39, 0.29) is 29.6 Å². The van der Waals surface area contributed by atoms with Gasteiger partial charge in [-0.25, -0.2) is 12.1 Å². The summed E-state index contributed by atoms with van der Waals surface area (Å²) in [5.74, 6) is 0. The van der Waals surface area contributed by atoms with E-state index in [0.717, 1.165) is 5.69 Å². The molecule has 2 heteroatoms. The first-order valence-electron chi connectivity index (χ1n) is 2.33. The van der Waals surface area contributed by atoms with Gasteiger partial charge in [-0.1, -0.05) is 12.6 Å². The van der Waals surface area contributed by atoms with Crippen molar-refractivity contribution in [3.63, 3.8) is 0 Å². The molecule has 0 atom stereocenters. The zero-order chi connectivity index (χ0) is 5.28. The molecule has 0 radical (unpaired) electrons. The Hall–Kier alpha value is 0.280. The molecule has 0 bridgehead atoms. The summed E-state index contributed by atoms with van der Waals surface area (Å²) in [5, 5.41) is 0. The van der Waals surface area contributed by atoms with Crippen molar-refractivity contribution in [2.45, 2.75) is 13.8 Å². The van der Waals surface area contributed by atoms with Crippen molar-refractivity contribution < 1.29 is 29.6 Å². The SMILES string of the molecule is Cc1[c-]cc(C)[nH]1.[Na+]. The molecule has 1 nitrogen and oxygen atoms in total. The maximum atomic E-state index is 3.08. The van der Waals surface area contributed by atoms with Gasteiger partial charge in [-0.15, -0.1) is 5.69 Å². The van der Waals surface area contributed by atoms with Crippen molar-refractivity contribution in [2.24, 2.45) is 0 Å². The number of aryl methyl sites for hydroxylation is 2. The van der Waals surface area contributed by atoms with Gasteiger partial charge in [0.1, 0.15) is 0 Å². The van der Waals surface area contributed by atoms with Gasteiger partial charge in [-0.3, -0.25) is 0 Å². The fraction of sp³-hybridized carbons (Fsp3) is 0.333. The second-order valence-corrected chi connectivity index (χ2v) is 1.72. The van der Waals surface area contributed by atoms with Crippen LogP contribution < -0.4 is 29.6 Å². The molecular formula is C6H8NNa. The summed E-state index contributed by atoms with van der Waals surface area (Å²) in [6, 6.07) is 4.95. The van der Waals surface area contributed by atoms with Crippen LogP contribution in [0.25, 0.3) is 0 Å². The summed E-state index contributed by atoms with van der Waals surface area (Å²) in [6.45, 7) is 4.01. The quantitative estimate of drug-likeness (QED) is 0.312. The Labute approximate surface area is 71.8 Å². The van der Waals surface area contributed by atoms with Crippen LogP contribution in [0.2, 0.25) is 0 Å². The number of H-pyrrole nitrogens is 1. The third-order valence-corrected chi connectivity index (χ3v) is 0.890. The van der Waals surface area contributed by atoms with E-state index >= 15 is 0 Å². The summed E-state index contributed by atoms with van der Waals surface area (Å²) >= 11 is 0. The normalized spacial score (nSPS) is 8.25. The minimum absolute atomic E-state index is 0. The molecule has 1 heterocycles. The Kier molecular flexibility index (Phi) is 3.45. The maximum Gasteiger partial charge on any atom is 1.00 e.